The predicted octanol–water partition coefficient (Wildman–Crippen LogP) is 3.96. The molecule has 0 aromatic heterocycles. The van der Waals surface area contributed by atoms with Gasteiger partial charge in [-0.25, -0.2) is 0 Å². The van der Waals surface area contributed by atoms with E-state index in [4.69, 9.17) is 23.2 Å². The molecular formula is C16H22Cl2N2. The number of benzene rings is 1. The minimum absolute atomic E-state index is 0.182. The molecule has 3 rings (SSSR count). The Labute approximate surface area is 131 Å². The van der Waals surface area contributed by atoms with E-state index >= 15 is 0 Å². The number of nitrogens with one attached hydrogen (secondary N) is 1. The van der Waals surface area contributed by atoms with Crippen LogP contribution in [0.2, 0.25) is 10.0 Å². The maximum Gasteiger partial charge on any atom is 0.0595 e. The lowest BCUT2D eigenvalue weighted by atomic mass is 9.96. The Morgan fingerprint density at radius 1 is 1.25 bits per heavy atom. The maximum atomic E-state index is 6.14. The summed E-state index contributed by atoms with van der Waals surface area (Å²) in [4.78, 5) is 2.62. The van der Waals surface area contributed by atoms with Gasteiger partial charge in [-0.3, -0.25) is 4.90 Å². The van der Waals surface area contributed by atoms with E-state index in [1.54, 1.807) is 0 Å². The van der Waals surface area contributed by atoms with Crippen LogP contribution in [0.3, 0.4) is 0 Å². The van der Waals surface area contributed by atoms with Gasteiger partial charge >= 0.3 is 0 Å². The molecule has 1 aromatic carbocycles. The van der Waals surface area contributed by atoms with Crippen LogP contribution in [0.5, 0.6) is 0 Å². The van der Waals surface area contributed by atoms with Crippen molar-refractivity contribution in [3.05, 3.63) is 33.8 Å². The Hall–Kier alpha value is -0.280. The Kier molecular flexibility index (Phi) is 4.02. The summed E-state index contributed by atoms with van der Waals surface area (Å²) in [7, 11) is 0. The number of hydrogen-bond donors (Lipinski definition) is 1. The largest absolute Gasteiger partial charge is 0.309 e. The molecule has 0 bridgehead atoms. The van der Waals surface area contributed by atoms with Crippen molar-refractivity contribution >= 4 is 23.2 Å². The molecule has 2 fully saturated rings. The smallest absolute Gasteiger partial charge is 0.0595 e. The Balaban J connectivity index is 1.76. The zero-order chi connectivity index (χ0) is 14.3. The second-order valence-corrected chi connectivity index (χ2v) is 7.64. The van der Waals surface area contributed by atoms with Gasteiger partial charge in [-0.1, -0.05) is 29.3 Å². The van der Waals surface area contributed by atoms with E-state index in [9.17, 15) is 0 Å². The molecule has 0 radical (unpaired) electrons. The van der Waals surface area contributed by atoms with Gasteiger partial charge in [0.1, 0.15) is 0 Å². The molecule has 1 saturated heterocycles. The zero-order valence-corrected chi connectivity index (χ0v) is 13.6. The van der Waals surface area contributed by atoms with Crippen molar-refractivity contribution in [2.24, 2.45) is 5.92 Å². The van der Waals surface area contributed by atoms with Crippen LogP contribution >= 0.6 is 23.2 Å². The van der Waals surface area contributed by atoms with Crippen LogP contribution in [0.4, 0.5) is 0 Å². The number of nitrogens with zero attached hydrogens (tertiary/aromatic N) is 1. The average molecular weight is 313 g/mol. The Morgan fingerprint density at radius 2 is 2.00 bits per heavy atom. The second kappa shape index (κ2) is 5.49. The second-order valence-electron chi connectivity index (χ2n) is 6.82. The molecule has 1 atom stereocenters. The third-order valence-corrected chi connectivity index (χ3v) is 5.13. The van der Waals surface area contributed by atoms with Gasteiger partial charge < -0.3 is 5.32 Å². The number of rotatable bonds is 3. The van der Waals surface area contributed by atoms with Crippen LogP contribution in [-0.2, 0) is 6.54 Å². The van der Waals surface area contributed by atoms with Gasteiger partial charge in [-0.2, -0.15) is 0 Å². The van der Waals surface area contributed by atoms with Gasteiger partial charge in [0.2, 0.25) is 0 Å². The van der Waals surface area contributed by atoms with E-state index in [2.05, 4.69) is 30.1 Å². The SMILES string of the molecule is CC1(C)CN(Cc2ccc(Cl)c(Cl)c2)C(C2CC2)CN1. The summed E-state index contributed by atoms with van der Waals surface area (Å²) < 4.78 is 0. The Bertz CT molecular complexity index is 497. The van der Waals surface area contributed by atoms with Gasteiger partial charge in [0.05, 0.1) is 10.0 Å². The van der Waals surface area contributed by atoms with Crippen LogP contribution in [0.15, 0.2) is 18.2 Å². The lowest BCUT2D eigenvalue weighted by molar-refractivity contribution is 0.0759. The molecule has 1 saturated carbocycles. The average Bonchev–Trinajstić information content (AvgIpc) is 3.17. The fourth-order valence-corrected chi connectivity index (χ4v) is 3.50. The quantitative estimate of drug-likeness (QED) is 0.909. The minimum atomic E-state index is 0.182. The summed E-state index contributed by atoms with van der Waals surface area (Å²) in [6, 6.07) is 6.66. The predicted molar refractivity (Wildman–Crippen MR) is 85.5 cm³/mol. The fraction of sp³-hybridized carbons (Fsp3) is 0.625. The van der Waals surface area contributed by atoms with Crippen LogP contribution in [0.25, 0.3) is 0 Å². The van der Waals surface area contributed by atoms with Gasteiger partial charge in [0.25, 0.3) is 0 Å². The van der Waals surface area contributed by atoms with Crippen molar-refractivity contribution in [1.82, 2.24) is 10.2 Å². The highest BCUT2D eigenvalue weighted by Gasteiger charge is 2.40. The topological polar surface area (TPSA) is 15.3 Å². The summed E-state index contributed by atoms with van der Waals surface area (Å²) >= 11 is 12.1. The first-order chi connectivity index (χ1) is 9.44. The Morgan fingerprint density at radius 3 is 2.65 bits per heavy atom. The van der Waals surface area contributed by atoms with Gasteiger partial charge in [-0.05, 0) is 50.3 Å². The minimum Gasteiger partial charge on any atom is -0.309 e. The summed E-state index contributed by atoms with van der Waals surface area (Å²) in [5.74, 6) is 0.876. The van der Waals surface area contributed by atoms with E-state index in [-0.39, 0.29) is 5.54 Å². The molecule has 2 aliphatic rings. The normalized spacial score (nSPS) is 26.7. The monoisotopic (exact) mass is 312 g/mol. The van der Waals surface area contributed by atoms with E-state index in [1.807, 2.05) is 12.1 Å². The van der Waals surface area contributed by atoms with Gasteiger partial charge in [0.15, 0.2) is 0 Å². The lowest BCUT2D eigenvalue weighted by Gasteiger charge is -2.45. The highest BCUT2D eigenvalue weighted by molar-refractivity contribution is 6.42. The highest BCUT2D eigenvalue weighted by Crippen LogP contribution is 2.38. The molecule has 1 aliphatic heterocycles. The molecule has 2 nitrogen and oxygen atoms in total. The summed E-state index contributed by atoms with van der Waals surface area (Å²) in [5, 5.41) is 4.97. The van der Waals surface area contributed by atoms with Crippen LogP contribution in [-0.4, -0.2) is 29.6 Å². The molecule has 1 aliphatic carbocycles. The molecule has 1 heterocycles. The first-order valence-electron chi connectivity index (χ1n) is 7.38. The van der Waals surface area contributed by atoms with Gasteiger partial charge in [0, 0.05) is 31.2 Å². The fourth-order valence-electron chi connectivity index (χ4n) is 3.18. The molecule has 20 heavy (non-hydrogen) atoms. The molecule has 1 unspecified atom stereocenters. The standard InChI is InChI=1S/C16H22Cl2N2/c1-16(2)10-20(15(8-19-16)12-4-5-12)9-11-3-6-13(17)14(18)7-11/h3,6-7,12,15,19H,4-5,8-10H2,1-2H3. The lowest BCUT2D eigenvalue weighted by Crippen LogP contribution is -2.61. The molecule has 1 N–H and O–H groups in total. The highest BCUT2D eigenvalue weighted by atomic mass is 35.5. The molecular weight excluding hydrogens is 291 g/mol. The van der Waals surface area contributed by atoms with Crippen molar-refractivity contribution in [3.63, 3.8) is 0 Å². The van der Waals surface area contributed by atoms with Crippen LogP contribution in [0, 0.1) is 5.92 Å². The number of hydrogen-bond acceptors (Lipinski definition) is 2. The molecule has 4 heteroatoms. The maximum absolute atomic E-state index is 6.14. The summed E-state index contributed by atoms with van der Waals surface area (Å²) in [6.45, 7) is 7.69. The van der Waals surface area contributed by atoms with Crippen molar-refractivity contribution in [3.8, 4) is 0 Å². The summed E-state index contributed by atoms with van der Waals surface area (Å²) in [6.07, 6.45) is 2.76. The van der Waals surface area contributed by atoms with E-state index < -0.39 is 0 Å². The van der Waals surface area contributed by atoms with Gasteiger partial charge in [-0.15, -0.1) is 0 Å². The van der Waals surface area contributed by atoms with Crippen LogP contribution < -0.4 is 5.32 Å². The van der Waals surface area contributed by atoms with Crippen LogP contribution in [0.1, 0.15) is 32.3 Å². The van der Waals surface area contributed by atoms with Crippen molar-refractivity contribution in [2.45, 2.75) is 44.8 Å². The third-order valence-electron chi connectivity index (χ3n) is 4.39. The van der Waals surface area contributed by atoms with E-state index in [0.717, 1.165) is 25.6 Å². The zero-order valence-electron chi connectivity index (χ0n) is 12.1. The third kappa shape index (κ3) is 3.30. The molecule has 1 aromatic rings. The molecule has 0 amide bonds. The summed E-state index contributed by atoms with van der Waals surface area (Å²) in [5.41, 5.74) is 1.43. The van der Waals surface area contributed by atoms with Crippen molar-refractivity contribution in [1.29, 1.82) is 0 Å². The molecule has 0 spiro atoms. The first-order valence-corrected chi connectivity index (χ1v) is 8.13. The van der Waals surface area contributed by atoms with E-state index in [0.29, 0.717) is 16.1 Å². The van der Waals surface area contributed by atoms with E-state index in [1.165, 1.54) is 18.4 Å². The number of piperazine rings is 1. The molecule has 110 valence electrons. The number of halogens is 2. The van der Waals surface area contributed by atoms with Crippen molar-refractivity contribution < 1.29 is 0 Å². The first kappa shape index (κ1) is 14.6. The van der Waals surface area contributed by atoms with Crippen molar-refractivity contribution in [2.75, 3.05) is 13.1 Å².